The third-order valence-electron chi connectivity index (χ3n) is 9.47. The Labute approximate surface area is 280 Å². The maximum absolute atomic E-state index is 13.2. The van der Waals surface area contributed by atoms with Crippen LogP contribution in [0.1, 0.15) is 75.8 Å². The van der Waals surface area contributed by atoms with Crippen molar-refractivity contribution < 1.29 is 4.79 Å². The Kier molecular flexibility index (Phi) is 13.4. The van der Waals surface area contributed by atoms with Gasteiger partial charge in [0.25, 0.3) is 0 Å². The lowest BCUT2D eigenvalue weighted by atomic mass is 9.90. The molecule has 0 saturated carbocycles. The number of ketones is 1. The van der Waals surface area contributed by atoms with Gasteiger partial charge in [-0.25, -0.2) is 0 Å². The quantitative estimate of drug-likeness (QED) is 0.207. The molecule has 0 aromatic heterocycles. The Morgan fingerprint density at radius 3 is 2.41 bits per heavy atom. The van der Waals surface area contributed by atoms with E-state index in [-0.39, 0.29) is 24.8 Å². The summed E-state index contributed by atoms with van der Waals surface area (Å²) in [5, 5.41) is 1.21. The highest BCUT2D eigenvalue weighted by molar-refractivity contribution is 8.14. The Hall–Kier alpha value is -2.15. The van der Waals surface area contributed by atoms with Gasteiger partial charge >= 0.3 is 0 Å². The summed E-state index contributed by atoms with van der Waals surface area (Å²) in [4.78, 5) is 23.0. The van der Waals surface area contributed by atoms with Crippen LogP contribution in [0.5, 0.6) is 0 Å². The molecule has 0 unspecified atom stereocenters. The maximum Gasteiger partial charge on any atom is 0.162 e. The van der Waals surface area contributed by atoms with Crippen molar-refractivity contribution in [2.45, 2.75) is 65.0 Å². The maximum atomic E-state index is 13.2. The first kappa shape index (κ1) is 34.7. The minimum atomic E-state index is 0. The molecule has 3 aliphatic rings. The Bertz CT molecular complexity index is 1420. The summed E-state index contributed by atoms with van der Waals surface area (Å²) in [5.41, 5.74) is 9.18. The van der Waals surface area contributed by atoms with E-state index in [1.165, 1.54) is 57.7 Å². The molecule has 0 bridgehead atoms. The zero-order valence-electron chi connectivity index (χ0n) is 26.0. The lowest BCUT2D eigenvalue weighted by Crippen LogP contribution is -2.33. The minimum Gasteiger partial charge on any atom is -0.299 e. The highest BCUT2D eigenvalue weighted by Crippen LogP contribution is 2.26. The highest BCUT2D eigenvalue weighted by Gasteiger charge is 2.21. The van der Waals surface area contributed by atoms with Gasteiger partial charge in [-0.3, -0.25) is 19.6 Å². The van der Waals surface area contributed by atoms with Crippen molar-refractivity contribution in [3.63, 3.8) is 0 Å². The number of likely N-dealkylation sites (tertiary alicyclic amines) is 1. The second-order valence-electron chi connectivity index (χ2n) is 12.5. The van der Waals surface area contributed by atoms with Crippen molar-refractivity contribution in [3.05, 3.63) is 106 Å². The molecular formula is C37H47Cl2N3OS. The van der Waals surface area contributed by atoms with Crippen molar-refractivity contribution in [3.8, 4) is 0 Å². The zero-order valence-corrected chi connectivity index (χ0v) is 28.5. The number of Topliss-reactive ketones (excluding diaryl/α,β-unsaturated/α-hetero) is 1. The van der Waals surface area contributed by atoms with Crippen molar-refractivity contribution >= 4 is 47.4 Å². The van der Waals surface area contributed by atoms with E-state index in [0.29, 0.717) is 12.2 Å². The van der Waals surface area contributed by atoms with Crippen LogP contribution in [0.3, 0.4) is 0 Å². The predicted molar refractivity (Wildman–Crippen MR) is 191 cm³/mol. The summed E-state index contributed by atoms with van der Waals surface area (Å²) in [7, 11) is 0. The molecule has 6 rings (SSSR count). The fourth-order valence-corrected chi connectivity index (χ4v) is 7.68. The molecule has 3 aromatic carbocycles. The number of hydrogen-bond donors (Lipinski definition) is 0. The Morgan fingerprint density at radius 1 is 0.864 bits per heavy atom. The number of nitrogens with zero attached hydrogens (tertiary/aromatic N) is 3. The molecule has 0 atom stereocenters. The highest BCUT2D eigenvalue weighted by atomic mass is 35.5. The van der Waals surface area contributed by atoms with Crippen LogP contribution in [0.15, 0.2) is 71.7 Å². The molecule has 3 aromatic rings. The van der Waals surface area contributed by atoms with Gasteiger partial charge in [0.05, 0.1) is 5.04 Å². The molecule has 4 nitrogen and oxygen atoms in total. The SMILES string of the molecule is Cc1ccccc1CN1CCc2ccc(C(=O)CCCC3CCN(Cc4cccc(C5=NCCS5)c4)CC3)cc2CC1.Cl.Cl. The van der Waals surface area contributed by atoms with E-state index in [1.54, 1.807) is 0 Å². The number of benzene rings is 3. The summed E-state index contributed by atoms with van der Waals surface area (Å²) in [6.45, 7) is 9.63. The molecule has 1 fully saturated rings. The zero-order chi connectivity index (χ0) is 28.7. The largest absolute Gasteiger partial charge is 0.299 e. The van der Waals surface area contributed by atoms with E-state index in [9.17, 15) is 4.79 Å². The van der Waals surface area contributed by atoms with Crippen molar-refractivity contribution in [1.29, 1.82) is 0 Å². The number of thioether (sulfide) groups is 1. The fourth-order valence-electron chi connectivity index (χ4n) is 6.83. The van der Waals surface area contributed by atoms with Crippen molar-refractivity contribution in [2.75, 3.05) is 38.5 Å². The van der Waals surface area contributed by atoms with Gasteiger partial charge in [0.15, 0.2) is 5.78 Å². The molecule has 44 heavy (non-hydrogen) atoms. The summed E-state index contributed by atoms with van der Waals surface area (Å²) >= 11 is 1.88. The molecule has 236 valence electrons. The van der Waals surface area contributed by atoms with Crippen molar-refractivity contribution in [1.82, 2.24) is 9.80 Å². The topological polar surface area (TPSA) is 35.9 Å². The molecule has 0 aliphatic carbocycles. The van der Waals surface area contributed by atoms with E-state index < -0.39 is 0 Å². The molecule has 7 heteroatoms. The van der Waals surface area contributed by atoms with E-state index in [4.69, 9.17) is 0 Å². The first-order chi connectivity index (χ1) is 20.6. The van der Waals surface area contributed by atoms with Gasteiger partial charge in [0.2, 0.25) is 0 Å². The average molecular weight is 653 g/mol. The number of hydrogen-bond acceptors (Lipinski definition) is 5. The molecule has 3 aliphatic heterocycles. The minimum absolute atomic E-state index is 0. The number of aryl methyl sites for hydroxylation is 1. The van der Waals surface area contributed by atoms with E-state index in [0.717, 1.165) is 82.3 Å². The van der Waals surface area contributed by atoms with Gasteiger partial charge in [0.1, 0.15) is 0 Å². The first-order valence-electron chi connectivity index (χ1n) is 16.0. The smallest absolute Gasteiger partial charge is 0.162 e. The summed E-state index contributed by atoms with van der Waals surface area (Å²) in [6, 6.07) is 24.2. The van der Waals surface area contributed by atoms with Crippen LogP contribution in [0.2, 0.25) is 0 Å². The van der Waals surface area contributed by atoms with Gasteiger partial charge < -0.3 is 0 Å². The van der Waals surface area contributed by atoms with Crippen molar-refractivity contribution in [2.24, 2.45) is 10.9 Å². The average Bonchev–Trinajstić information content (AvgIpc) is 3.49. The number of aliphatic imine (C=N–C) groups is 1. The third-order valence-corrected chi connectivity index (χ3v) is 10.5. The molecule has 0 spiro atoms. The first-order valence-corrected chi connectivity index (χ1v) is 17.0. The van der Waals surface area contributed by atoms with Crippen LogP contribution < -0.4 is 0 Å². The van der Waals surface area contributed by atoms with E-state index in [1.807, 2.05) is 11.8 Å². The molecule has 0 N–H and O–H groups in total. The van der Waals surface area contributed by atoms with E-state index in [2.05, 4.69) is 88.4 Å². The number of carbonyl (C=O) groups is 1. The normalized spacial score (nSPS) is 17.6. The van der Waals surface area contributed by atoms with Crippen LogP contribution in [0.4, 0.5) is 0 Å². The van der Waals surface area contributed by atoms with Gasteiger partial charge in [-0.2, -0.15) is 0 Å². The lowest BCUT2D eigenvalue weighted by molar-refractivity contribution is 0.0974. The van der Waals surface area contributed by atoms with Crippen LogP contribution in [0, 0.1) is 12.8 Å². The van der Waals surface area contributed by atoms with E-state index >= 15 is 0 Å². The second kappa shape index (κ2) is 17.0. The number of fused-ring (bicyclic) bond motifs is 1. The predicted octanol–water partition coefficient (Wildman–Crippen LogP) is 8.20. The second-order valence-corrected chi connectivity index (χ2v) is 13.5. The molecular weight excluding hydrogens is 605 g/mol. The molecule has 3 heterocycles. The summed E-state index contributed by atoms with van der Waals surface area (Å²) in [5.74, 6) is 2.18. The van der Waals surface area contributed by atoms with Gasteiger partial charge in [-0.15, -0.1) is 36.6 Å². The molecule has 0 amide bonds. The number of carbonyl (C=O) groups excluding carboxylic acids is 1. The Balaban J connectivity index is 0.00000221. The van der Waals surface area contributed by atoms with Gasteiger partial charge in [0, 0.05) is 56.0 Å². The van der Waals surface area contributed by atoms with Crippen LogP contribution in [-0.4, -0.2) is 59.1 Å². The van der Waals surface area contributed by atoms with Crippen LogP contribution in [0.25, 0.3) is 0 Å². The lowest BCUT2D eigenvalue weighted by Gasteiger charge is -2.32. The Morgan fingerprint density at radius 2 is 1.64 bits per heavy atom. The standard InChI is InChI=1S/C37H45N3OS.2ClH/c1-28-6-2-3-9-35(28)27-40-21-16-31-12-13-33(25-32(31)17-22-40)36(41)11-5-7-29-14-19-39(20-15-29)26-30-8-4-10-34(24-30)37-38-18-23-42-37;;/h2-4,6,8-10,12-13,24-25,29H,5,7,11,14-23,26-27H2,1H3;2*1H. The molecule has 0 radical (unpaired) electrons. The number of rotatable bonds is 10. The van der Waals surface area contributed by atoms with Crippen LogP contribution >= 0.6 is 36.6 Å². The summed E-state index contributed by atoms with van der Waals surface area (Å²) < 4.78 is 0. The third kappa shape index (κ3) is 9.20. The monoisotopic (exact) mass is 651 g/mol. The summed E-state index contributed by atoms with van der Waals surface area (Å²) in [6.07, 6.45) is 7.43. The number of halogens is 2. The van der Waals surface area contributed by atoms with Gasteiger partial charge in [-0.1, -0.05) is 54.6 Å². The van der Waals surface area contributed by atoms with Gasteiger partial charge in [-0.05, 0) is 104 Å². The fraction of sp³-hybridized carbons (Fsp3) is 0.459. The molecule has 1 saturated heterocycles. The van der Waals surface area contributed by atoms with Crippen LogP contribution in [-0.2, 0) is 25.9 Å². The number of piperidine rings is 1.